The lowest BCUT2D eigenvalue weighted by Crippen LogP contribution is -2.44. The van der Waals surface area contributed by atoms with Gasteiger partial charge in [0.25, 0.3) is 0 Å². The van der Waals surface area contributed by atoms with E-state index in [-0.39, 0.29) is 5.92 Å². The molecule has 0 saturated carbocycles. The average molecular weight is 425 g/mol. The van der Waals surface area contributed by atoms with Crippen LogP contribution in [0.3, 0.4) is 0 Å². The Morgan fingerprint density at radius 3 is 2.21 bits per heavy atom. The lowest BCUT2D eigenvalue weighted by atomic mass is 9.94. The monoisotopic (exact) mass is 425 g/mol. The van der Waals surface area contributed by atoms with Crippen molar-refractivity contribution in [1.29, 1.82) is 0 Å². The number of sulfone groups is 1. The van der Waals surface area contributed by atoms with Crippen molar-refractivity contribution >= 4 is 15.9 Å². The van der Waals surface area contributed by atoms with Gasteiger partial charge >= 0.3 is 12.3 Å². The molecule has 1 amide bonds. The number of carbonyl (C=O) groups excluding carboxylic acids is 1. The fourth-order valence-corrected chi connectivity index (χ4v) is 5.02. The molecular formula is C17H26F3N3O4S. The van der Waals surface area contributed by atoms with E-state index in [4.69, 9.17) is 4.74 Å². The highest BCUT2D eigenvalue weighted by molar-refractivity contribution is 7.92. The van der Waals surface area contributed by atoms with Gasteiger partial charge in [-0.1, -0.05) is 0 Å². The Bertz CT molecular complexity index is 820. The van der Waals surface area contributed by atoms with Crippen molar-refractivity contribution in [3.8, 4) is 0 Å². The molecule has 0 bridgehead atoms. The third kappa shape index (κ3) is 4.98. The summed E-state index contributed by atoms with van der Waals surface area (Å²) in [4.78, 5) is 13.6. The second-order valence-electron chi connectivity index (χ2n) is 8.04. The standard InChI is InChI=1S/C17H26F3N3O4S/c1-11(12-6-8-23(9-7-12)15(24)27-16(2,3)4)28(25,26)14-10-13(17(18,19)20)21-22(14)5/h10-12H,6-9H2,1-5H3/t11-/m0/s1. The van der Waals surface area contributed by atoms with E-state index < -0.39 is 43.7 Å². The van der Waals surface area contributed by atoms with Crippen LogP contribution in [0.1, 0.15) is 46.2 Å². The molecule has 2 heterocycles. The summed E-state index contributed by atoms with van der Waals surface area (Å²) < 4.78 is 70.3. The molecule has 1 aromatic heterocycles. The highest BCUT2D eigenvalue weighted by Crippen LogP contribution is 2.33. The van der Waals surface area contributed by atoms with Crippen LogP contribution < -0.4 is 0 Å². The van der Waals surface area contributed by atoms with Gasteiger partial charge in [0.2, 0.25) is 0 Å². The first-order valence-corrected chi connectivity index (χ1v) is 10.5. The summed E-state index contributed by atoms with van der Waals surface area (Å²) in [5.74, 6) is -0.284. The minimum absolute atomic E-state index is 0.284. The molecule has 1 fully saturated rings. The van der Waals surface area contributed by atoms with Gasteiger partial charge in [-0.25, -0.2) is 13.2 Å². The molecule has 0 spiro atoms. The van der Waals surface area contributed by atoms with Crippen LogP contribution in [0, 0.1) is 5.92 Å². The fraction of sp³-hybridized carbons (Fsp3) is 0.765. The van der Waals surface area contributed by atoms with E-state index in [9.17, 15) is 26.4 Å². The Morgan fingerprint density at radius 2 is 1.79 bits per heavy atom. The lowest BCUT2D eigenvalue weighted by molar-refractivity contribution is -0.141. The third-order valence-electron chi connectivity index (χ3n) is 4.76. The third-order valence-corrected chi connectivity index (χ3v) is 7.09. The maximum Gasteiger partial charge on any atom is 0.435 e. The molecular weight excluding hydrogens is 399 g/mol. The summed E-state index contributed by atoms with van der Waals surface area (Å²) in [7, 11) is -2.83. The molecule has 2 rings (SSSR count). The Hall–Kier alpha value is -1.78. The van der Waals surface area contributed by atoms with Gasteiger partial charge < -0.3 is 9.64 Å². The molecule has 0 aliphatic carbocycles. The van der Waals surface area contributed by atoms with Crippen molar-refractivity contribution in [2.75, 3.05) is 13.1 Å². The maximum absolute atomic E-state index is 12.9. The quantitative estimate of drug-likeness (QED) is 0.743. The van der Waals surface area contributed by atoms with Crippen molar-refractivity contribution in [2.45, 2.75) is 62.6 Å². The zero-order chi connectivity index (χ0) is 21.5. The first-order chi connectivity index (χ1) is 12.6. The van der Waals surface area contributed by atoms with Crippen molar-refractivity contribution in [2.24, 2.45) is 13.0 Å². The number of piperidine rings is 1. The van der Waals surface area contributed by atoms with Crippen LogP contribution in [0.25, 0.3) is 0 Å². The Balaban J connectivity index is 2.10. The van der Waals surface area contributed by atoms with Gasteiger partial charge in [-0.2, -0.15) is 18.3 Å². The van der Waals surface area contributed by atoms with Gasteiger partial charge in [0.1, 0.15) is 5.60 Å². The van der Waals surface area contributed by atoms with Crippen LogP contribution in [0.15, 0.2) is 11.1 Å². The molecule has 0 aromatic carbocycles. The second kappa shape index (κ2) is 7.57. The van der Waals surface area contributed by atoms with Gasteiger partial charge in [0, 0.05) is 26.2 Å². The zero-order valence-corrected chi connectivity index (χ0v) is 17.4. The number of hydrogen-bond acceptors (Lipinski definition) is 5. The summed E-state index contributed by atoms with van der Waals surface area (Å²) in [6, 6.07) is 0.571. The van der Waals surface area contributed by atoms with Crippen LogP contribution in [-0.4, -0.2) is 53.1 Å². The lowest BCUT2D eigenvalue weighted by Gasteiger charge is -2.35. The number of rotatable bonds is 3. The normalized spacial score (nSPS) is 18.2. The maximum atomic E-state index is 12.9. The van der Waals surface area contributed by atoms with Gasteiger partial charge in [-0.15, -0.1) is 0 Å². The van der Waals surface area contributed by atoms with Gasteiger partial charge in [0.05, 0.1) is 5.25 Å². The molecule has 1 aliphatic rings. The van der Waals surface area contributed by atoms with Crippen LogP contribution in [0.4, 0.5) is 18.0 Å². The summed E-state index contributed by atoms with van der Waals surface area (Å²) >= 11 is 0. The van der Waals surface area contributed by atoms with Crippen molar-refractivity contribution < 1.29 is 31.1 Å². The summed E-state index contributed by atoms with van der Waals surface area (Å²) in [5.41, 5.74) is -1.86. The SMILES string of the molecule is C[C@@H](C1CCN(C(=O)OC(C)(C)C)CC1)S(=O)(=O)c1cc(C(F)(F)F)nn1C. The summed E-state index contributed by atoms with van der Waals surface area (Å²) in [5, 5.41) is 1.93. The largest absolute Gasteiger partial charge is 0.444 e. The Kier molecular flexibility index (Phi) is 6.08. The highest BCUT2D eigenvalue weighted by Gasteiger charge is 2.40. The molecule has 160 valence electrons. The van der Waals surface area contributed by atoms with E-state index in [1.54, 1.807) is 20.8 Å². The number of aryl methyl sites for hydroxylation is 1. The molecule has 28 heavy (non-hydrogen) atoms. The number of amides is 1. The first-order valence-electron chi connectivity index (χ1n) is 8.96. The van der Waals surface area contributed by atoms with Gasteiger partial charge in [0.15, 0.2) is 20.6 Å². The molecule has 0 radical (unpaired) electrons. The molecule has 0 unspecified atom stereocenters. The Labute approximate surface area is 162 Å². The number of carbonyl (C=O) groups is 1. The van der Waals surface area contributed by atoms with E-state index in [1.165, 1.54) is 18.9 Å². The summed E-state index contributed by atoms with van der Waals surface area (Å²) in [6.45, 7) is 7.43. The van der Waals surface area contributed by atoms with E-state index in [0.29, 0.717) is 32.0 Å². The average Bonchev–Trinajstić information content (AvgIpc) is 2.95. The minimum atomic E-state index is -4.71. The number of halogens is 3. The van der Waals surface area contributed by atoms with E-state index in [1.807, 2.05) is 0 Å². The highest BCUT2D eigenvalue weighted by atomic mass is 32.2. The molecule has 0 N–H and O–H groups in total. The molecule has 7 nitrogen and oxygen atoms in total. The van der Waals surface area contributed by atoms with Crippen LogP contribution in [0.5, 0.6) is 0 Å². The number of nitrogens with zero attached hydrogens (tertiary/aromatic N) is 3. The minimum Gasteiger partial charge on any atom is -0.444 e. The smallest absolute Gasteiger partial charge is 0.435 e. The predicted octanol–water partition coefficient (Wildman–Crippen LogP) is 3.25. The molecule has 11 heteroatoms. The molecule has 1 saturated heterocycles. The van der Waals surface area contributed by atoms with Gasteiger partial charge in [-0.3, -0.25) is 4.68 Å². The molecule has 1 aromatic rings. The number of hydrogen-bond donors (Lipinski definition) is 0. The van der Waals surface area contributed by atoms with Crippen molar-refractivity contribution in [3.05, 3.63) is 11.8 Å². The topological polar surface area (TPSA) is 81.5 Å². The predicted molar refractivity (Wildman–Crippen MR) is 95.4 cm³/mol. The summed E-state index contributed by atoms with van der Waals surface area (Å²) in [6.07, 6.45) is -4.33. The van der Waals surface area contributed by atoms with Crippen LogP contribution >= 0.6 is 0 Å². The molecule has 1 atom stereocenters. The van der Waals surface area contributed by atoms with E-state index in [0.717, 1.165) is 4.68 Å². The zero-order valence-electron chi connectivity index (χ0n) is 16.6. The van der Waals surface area contributed by atoms with Crippen LogP contribution in [0.2, 0.25) is 0 Å². The Morgan fingerprint density at radius 1 is 1.25 bits per heavy atom. The van der Waals surface area contributed by atoms with Crippen LogP contribution in [-0.2, 0) is 27.8 Å². The number of likely N-dealkylation sites (tertiary alicyclic amines) is 1. The first kappa shape index (κ1) is 22.5. The van der Waals surface area contributed by atoms with Crippen molar-refractivity contribution in [3.63, 3.8) is 0 Å². The molecule has 1 aliphatic heterocycles. The van der Waals surface area contributed by atoms with Gasteiger partial charge in [-0.05, 0) is 46.5 Å². The fourth-order valence-electron chi connectivity index (χ4n) is 3.18. The number of alkyl halides is 3. The number of ether oxygens (including phenoxy) is 1. The van der Waals surface area contributed by atoms with Crippen molar-refractivity contribution in [1.82, 2.24) is 14.7 Å². The van der Waals surface area contributed by atoms with E-state index in [2.05, 4.69) is 5.10 Å². The second-order valence-corrected chi connectivity index (χ2v) is 10.3. The number of aromatic nitrogens is 2. The van der Waals surface area contributed by atoms with E-state index >= 15 is 0 Å².